The first-order valence-corrected chi connectivity index (χ1v) is 14.0. The summed E-state index contributed by atoms with van der Waals surface area (Å²) in [6, 6.07) is 45.5. The van der Waals surface area contributed by atoms with Crippen LogP contribution < -0.4 is 9.64 Å². The summed E-state index contributed by atoms with van der Waals surface area (Å²) in [6.45, 7) is 4.45. The highest BCUT2D eigenvalue weighted by atomic mass is 16.5. The van der Waals surface area contributed by atoms with E-state index < -0.39 is 0 Å². The van der Waals surface area contributed by atoms with Crippen molar-refractivity contribution in [1.82, 2.24) is 0 Å². The largest absolute Gasteiger partial charge is 0.497 e. The fraction of sp³-hybridized carbons (Fsp3) is 0.162. The minimum atomic E-state index is -0.0840. The number of benzene rings is 5. The molecule has 5 aromatic rings. The van der Waals surface area contributed by atoms with Gasteiger partial charge in [0.15, 0.2) is 0 Å². The molecule has 0 aromatic heterocycles. The molecule has 0 spiro atoms. The molecule has 40 heavy (non-hydrogen) atoms. The first-order chi connectivity index (χ1) is 19.6. The van der Waals surface area contributed by atoms with E-state index in [0.29, 0.717) is 0 Å². The normalized spacial score (nSPS) is 16.6. The summed E-state index contributed by atoms with van der Waals surface area (Å²) < 4.78 is 5.32. The van der Waals surface area contributed by atoms with Crippen molar-refractivity contribution in [2.75, 3.05) is 12.0 Å². The van der Waals surface area contributed by atoms with E-state index in [9.17, 15) is 0 Å². The van der Waals surface area contributed by atoms with E-state index >= 15 is 0 Å². The molecule has 5 aromatic carbocycles. The Morgan fingerprint density at radius 2 is 1.12 bits per heavy atom. The van der Waals surface area contributed by atoms with Gasteiger partial charge in [0.1, 0.15) is 11.9 Å². The number of rotatable bonds is 7. The molecule has 2 unspecified atom stereocenters. The number of hydrogen-bond acceptors (Lipinski definition) is 3. The van der Waals surface area contributed by atoms with Crippen LogP contribution >= 0.6 is 0 Å². The number of anilines is 1. The van der Waals surface area contributed by atoms with Crippen molar-refractivity contribution < 1.29 is 4.74 Å². The van der Waals surface area contributed by atoms with Gasteiger partial charge in [-0.2, -0.15) is 0 Å². The second-order valence-electron chi connectivity index (χ2n) is 10.3. The van der Waals surface area contributed by atoms with Crippen molar-refractivity contribution in [3.63, 3.8) is 0 Å². The highest BCUT2D eigenvalue weighted by Gasteiger charge is 2.35. The summed E-state index contributed by atoms with van der Waals surface area (Å²) in [7, 11) is 1.69. The van der Waals surface area contributed by atoms with Crippen LogP contribution in [0.4, 0.5) is 5.69 Å². The van der Waals surface area contributed by atoms with Gasteiger partial charge in [0.05, 0.1) is 18.9 Å². The summed E-state index contributed by atoms with van der Waals surface area (Å²) in [5, 5.41) is 0. The predicted molar refractivity (Wildman–Crippen MR) is 167 cm³/mol. The van der Waals surface area contributed by atoms with Crippen LogP contribution in [0.25, 0.3) is 22.3 Å². The molecule has 0 amide bonds. The van der Waals surface area contributed by atoms with Gasteiger partial charge in [0.2, 0.25) is 0 Å². The van der Waals surface area contributed by atoms with Gasteiger partial charge in [0.25, 0.3) is 0 Å². The lowest BCUT2D eigenvalue weighted by atomic mass is 9.98. The molecule has 1 aliphatic rings. The second-order valence-corrected chi connectivity index (χ2v) is 10.3. The molecule has 0 N–H and O–H groups in total. The molecule has 6 rings (SSSR count). The summed E-state index contributed by atoms with van der Waals surface area (Å²) in [5.74, 6) is 0.865. The van der Waals surface area contributed by atoms with Crippen molar-refractivity contribution in [2.24, 2.45) is 4.99 Å². The minimum absolute atomic E-state index is 0.0840. The third-order valence-corrected chi connectivity index (χ3v) is 7.90. The number of aryl methyl sites for hydroxylation is 1. The maximum Gasteiger partial charge on any atom is 0.148 e. The quantitative estimate of drug-likeness (QED) is 0.213. The van der Waals surface area contributed by atoms with E-state index in [1.165, 1.54) is 38.9 Å². The number of methoxy groups -OCH3 is 1. The third kappa shape index (κ3) is 5.03. The highest BCUT2D eigenvalue weighted by molar-refractivity contribution is 6.08. The van der Waals surface area contributed by atoms with Crippen molar-refractivity contribution in [3.8, 4) is 28.0 Å². The molecular weight excluding hydrogens is 488 g/mol. The fourth-order valence-electron chi connectivity index (χ4n) is 5.56. The molecule has 3 heteroatoms. The molecule has 1 aliphatic heterocycles. The van der Waals surface area contributed by atoms with Gasteiger partial charge in [-0.25, -0.2) is 0 Å². The Morgan fingerprint density at radius 1 is 0.625 bits per heavy atom. The Labute approximate surface area is 237 Å². The van der Waals surface area contributed by atoms with Gasteiger partial charge in [-0.05, 0) is 76.6 Å². The van der Waals surface area contributed by atoms with Crippen molar-refractivity contribution >= 4 is 11.4 Å². The van der Waals surface area contributed by atoms with E-state index in [1.54, 1.807) is 7.11 Å². The van der Waals surface area contributed by atoms with Gasteiger partial charge in [0, 0.05) is 5.69 Å². The van der Waals surface area contributed by atoms with Gasteiger partial charge in [-0.1, -0.05) is 110 Å². The average Bonchev–Trinajstić information content (AvgIpc) is 3.38. The van der Waals surface area contributed by atoms with E-state index in [-0.39, 0.29) is 12.2 Å². The number of aliphatic imine (C=N–C) groups is 1. The Kier molecular flexibility index (Phi) is 7.20. The molecular formula is C37H34N2O. The average molecular weight is 523 g/mol. The Balaban J connectivity index is 1.31. The van der Waals surface area contributed by atoms with Crippen molar-refractivity contribution in [3.05, 3.63) is 144 Å². The zero-order chi connectivity index (χ0) is 27.5. The van der Waals surface area contributed by atoms with E-state index in [2.05, 4.69) is 134 Å². The van der Waals surface area contributed by atoms with Crippen LogP contribution in [0.5, 0.6) is 5.75 Å². The summed E-state index contributed by atoms with van der Waals surface area (Å²) in [5.41, 5.74) is 10.8. The Morgan fingerprint density at radius 3 is 1.68 bits per heavy atom. The number of ether oxygens (including phenoxy) is 1. The van der Waals surface area contributed by atoms with Gasteiger partial charge in [-0.15, -0.1) is 0 Å². The minimum Gasteiger partial charge on any atom is -0.497 e. The Hall–Kier alpha value is -4.63. The number of hydrogen-bond donors (Lipinski definition) is 0. The summed E-state index contributed by atoms with van der Waals surface area (Å²) in [4.78, 5) is 7.75. The number of nitrogens with zero attached hydrogens (tertiary/aromatic N) is 2. The monoisotopic (exact) mass is 522 g/mol. The van der Waals surface area contributed by atoms with Crippen LogP contribution in [0.15, 0.2) is 132 Å². The van der Waals surface area contributed by atoms with Gasteiger partial charge in [-0.3, -0.25) is 4.99 Å². The standard InChI is InChI=1S/C37H34N2O/c1-4-27-10-12-28(13-11-27)29-14-16-32(17-15-29)36-26(2)39(37(38-36)33-8-6-5-7-9-33)34-22-18-30(19-23-34)31-20-24-35(40-3)25-21-31/h5-26,37H,4H2,1-3H3. The molecule has 0 radical (unpaired) electrons. The third-order valence-electron chi connectivity index (χ3n) is 7.90. The maximum atomic E-state index is 5.32. The SMILES string of the molecule is CCc1ccc(-c2ccc(C3=NC(c4ccccc4)N(c4ccc(-c5ccc(OC)cc5)cc4)C3C)cc2)cc1. The molecule has 198 valence electrons. The van der Waals surface area contributed by atoms with E-state index in [1.807, 2.05) is 12.1 Å². The molecule has 0 saturated carbocycles. The van der Waals surface area contributed by atoms with Gasteiger partial charge < -0.3 is 9.64 Å². The second kappa shape index (κ2) is 11.2. The molecule has 0 bridgehead atoms. The zero-order valence-electron chi connectivity index (χ0n) is 23.3. The van der Waals surface area contributed by atoms with Crippen LogP contribution in [0, 0.1) is 0 Å². The molecule has 1 heterocycles. The van der Waals surface area contributed by atoms with Crippen molar-refractivity contribution in [1.29, 1.82) is 0 Å². The summed E-state index contributed by atoms with van der Waals surface area (Å²) >= 11 is 0. The smallest absolute Gasteiger partial charge is 0.148 e. The maximum absolute atomic E-state index is 5.32. The zero-order valence-corrected chi connectivity index (χ0v) is 23.3. The first kappa shape index (κ1) is 25.6. The lowest BCUT2D eigenvalue weighted by Crippen LogP contribution is -2.35. The molecule has 2 atom stereocenters. The molecule has 0 saturated heterocycles. The molecule has 0 fully saturated rings. The van der Waals surface area contributed by atoms with Crippen LogP contribution in [-0.2, 0) is 6.42 Å². The molecule has 3 nitrogen and oxygen atoms in total. The lowest BCUT2D eigenvalue weighted by Gasteiger charge is -2.30. The van der Waals surface area contributed by atoms with Gasteiger partial charge >= 0.3 is 0 Å². The van der Waals surface area contributed by atoms with Crippen LogP contribution in [0.1, 0.15) is 36.7 Å². The van der Waals surface area contributed by atoms with Crippen LogP contribution in [0.3, 0.4) is 0 Å². The topological polar surface area (TPSA) is 24.8 Å². The van der Waals surface area contributed by atoms with Crippen molar-refractivity contribution in [2.45, 2.75) is 32.5 Å². The lowest BCUT2D eigenvalue weighted by molar-refractivity contribution is 0.415. The highest BCUT2D eigenvalue weighted by Crippen LogP contribution is 2.38. The predicted octanol–water partition coefficient (Wildman–Crippen LogP) is 8.99. The summed E-state index contributed by atoms with van der Waals surface area (Å²) in [6.07, 6.45) is 0.972. The first-order valence-electron chi connectivity index (χ1n) is 14.0. The van der Waals surface area contributed by atoms with E-state index in [4.69, 9.17) is 9.73 Å². The molecule has 0 aliphatic carbocycles. The van der Waals surface area contributed by atoms with Crippen LogP contribution in [0.2, 0.25) is 0 Å². The van der Waals surface area contributed by atoms with Crippen LogP contribution in [-0.4, -0.2) is 18.9 Å². The van der Waals surface area contributed by atoms with E-state index in [0.717, 1.165) is 23.6 Å². The Bertz CT molecular complexity index is 1590. The fourth-order valence-corrected chi connectivity index (χ4v) is 5.56.